The van der Waals surface area contributed by atoms with E-state index < -0.39 is 6.16 Å². The van der Waals surface area contributed by atoms with Gasteiger partial charge in [-0.3, -0.25) is 0 Å². The van der Waals surface area contributed by atoms with E-state index in [9.17, 15) is 4.79 Å². The van der Waals surface area contributed by atoms with E-state index in [1.807, 2.05) is 0 Å². The highest BCUT2D eigenvalue weighted by molar-refractivity contribution is 5.59. The number of hydrogen-bond donors (Lipinski definition) is 0. The summed E-state index contributed by atoms with van der Waals surface area (Å²) in [6.45, 7) is 5.40. The Kier molecular flexibility index (Phi) is 34.7. The Bertz CT molecular complexity index is 726. The van der Waals surface area contributed by atoms with E-state index in [1.165, 1.54) is 83.5 Å². The largest absolute Gasteiger partial charge is 0.508 e. The molecule has 0 atom stereocenters. The van der Waals surface area contributed by atoms with E-state index in [-0.39, 0.29) is 0 Å². The zero-order valence-corrected chi connectivity index (χ0v) is 27.6. The Balaban J connectivity index is 3.38. The predicted molar refractivity (Wildman–Crippen MR) is 185 cm³/mol. The van der Waals surface area contributed by atoms with Crippen LogP contribution in [0.4, 0.5) is 4.79 Å². The van der Waals surface area contributed by atoms with Crippen molar-refractivity contribution in [2.45, 2.75) is 155 Å². The third-order valence-corrected chi connectivity index (χ3v) is 7.01. The van der Waals surface area contributed by atoms with Crippen LogP contribution in [0, 0.1) is 0 Å². The van der Waals surface area contributed by atoms with Crippen molar-refractivity contribution in [1.82, 2.24) is 0 Å². The van der Waals surface area contributed by atoms with Gasteiger partial charge < -0.3 is 9.47 Å². The van der Waals surface area contributed by atoms with Gasteiger partial charge in [0.2, 0.25) is 0 Å². The van der Waals surface area contributed by atoms with Gasteiger partial charge >= 0.3 is 6.16 Å². The molecule has 0 N–H and O–H groups in total. The number of carbonyl (C=O) groups excluding carboxylic acids is 1. The standard InChI is InChI=1S/C39H66O3/c1-3-5-7-9-11-13-15-17-19-21-22-24-26-28-30-32-34-36-38-42-39(40)41-37-35-33-31-29-27-25-23-20-18-16-14-12-10-8-6-4-2/h11-14,17-20,22,24,28,30H,3-10,15-16,21,23,25-27,29,31-38H2,1-2H3. The first-order chi connectivity index (χ1) is 20.8. The Hall–Kier alpha value is -2.29. The Labute approximate surface area is 261 Å². The van der Waals surface area contributed by atoms with Crippen molar-refractivity contribution in [2.24, 2.45) is 0 Å². The quantitative estimate of drug-likeness (QED) is 0.0480. The van der Waals surface area contributed by atoms with Crippen LogP contribution in [-0.2, 0) is 9.47 Å². The van der Waals surface area contributed by atoms with Gasteiger partial charge in [0.1, 0.15) is 0 Å². The average molecular weight is 583 g/mol. The molecule has 0 unspecified atom stereocenters. The van der Waals surface area contributed by atoms with Crippen LogP contribution in [0.25, 0.3) is 0 Å². The maximum Gasteiger partial charge on any atom is 0.508 e. The second-order valence-electron chi connectivity index (χ2n) is 11.1. The molecule has 42 heavy (non-hydrogen) atoms. The number of rotatable bonds is 30. The minimum Gasteiger partial charge on any atom is -0.434 e. The number of carbonyl (C=O) groups is 1. The molecule has 0 aliphatic carbocycles. The molecule has 3 heteroatoms. The molecule has 0 aliphatic rings. The molecular formula is C39H66O3. The second kappa shape index (κ2) is 36.7. The number of hydrogen-bond acceptors (Lipinski definition) is 3. The van der Waals surface area contributed by atoms with Gasteiger partial charge in [-0.2, -0.15) is 0 Å². The molecular weight excluding hydrogens is 516 g/mol. The van der Waals surface area contributed by atoms with Gasteiger partial charge in [-0.1, -0.05) is 138 Å². The molecule has 0 heterocycles. The molecule has 0 spiro atoms. The summed E-state index contributed by atoms with van der Waals surface area (Å²) >= 11 is 0. The van der Waals surface area contributed by atoms with Crippen LogP contribution in [-0.4, -0.2) is 19.4 Å². The predicted octanol–water partition coefficient (Wildman–Crippen LogP) is 13.1. The molecule has 0 radical (unpaired) electrons. The third kappa shape index (κ3) is 35.7. The summed E-state index contributed by atoms with van der Waals surface area (Å²) < 4.78 is 10.4. The average Bonchev–Trinajstić information content (AvgIpc) is 3.00. The Morgan fingerprint density at radius 2 is 0.667 bits per heavy atom. The van der Waals surface area contributed by atoms with Crippen molar-refractivity contribution in [2.75, 3.05) is 13.2 Å². The molecule has 0 bridgehead atoms. The lowest BCUT2D eigenvalue weighted by atomic mass is 10.1. The lowest BCUT2D eigenvalue weighted by Gasteiger charge is -2.06. The molecule has 0 aliphatic heterocycles. The zero-order valence-electron chi connectivity index (χ0n) is 27.6. The van der Waals surface area contributed by atoms with Gasteiger partial charge in [0.25, 0.3) is 0 Å². The first kappa shape index (κ1) is 39.7. The van der Waals surface area contributed by atoms with Crippen molar-refractivity contribution in [1.29, 1.82) is 0 Å². The Morgan fingerprint density at radius 3 is 1.07 bits per heavy atom. The maximum atomic E-state index is 11.7. The van der Waals surface area contributed by atoms with Gasteiger partial charge in [0.05, 0.1) is 13.2 Å². The number of ether oxygens (including phenoxy) is 2. The fourth-order valence-corrected chi connectivity index (χ4v) is 4.37. The van der Waals surface area contributed by atoms with Crippen molar-refractivity contribution >= 4 is 6.16 Å². The van der Waals surface area contributed by atoms with Crippen LogP contribution in [0.2, 0.25) is 0 Å². The lowest BCUT2D eigenvalue weighted by Crippen LogP contribution is -2.09. The zero-order chi connectivity index (χ0) is 30.4. The SMILES string of the molecule is CCCCCC=CCC=CCC=CCC=CCCCCOC(=O)OCCCCCCCCC=CCC=CCCCCC. The van der Waals surface area contributed by atoms with Gasteiger partial charge in [0.15, 0.2) is 0 Å². The van der Waals surface area contributed by atoms with Crippen LogP contribution in [0.5, 0.6) is 0 Å². The maximum absolute atomic E-state index is 11.7. The third-order valence-electron chi connectivity index (χ3n) is 7.01. The highest BCUT2D eigenvalue weighted by Crippen LogP contribution is 2.09. The van der Waals surface area contributed by atoms with Crippen molar-refractivity contribution in [3.8, 4) is 0 Å². The molecule has 0 aromatic carbocycles. The summed E-state index contributed by atoms with van der Waals surface area (Å²) in [4.78, 5) is 11.7. The fourth-order valence-electron chi connectivity index (χ4n) is 4.37. The minimum absolute atomic E-state index is 0.441. The first-order valence-corrected chi connectivity index (χ1v) is 17.5. The summed E-state index contributed by atoms with van der Waals surface area (Å²) in [6, 6.07) is 0. The normalized spacial score (nSPS) is 12.4. The number of unbranched alkanes of at least 4 members (excludes halogenated alkanes) is 14. The molecule has 0 aromatic rings. The summed E-state index contributed by atoms with van der Waals surface area (Å²) in [5, 5.41) is 0. The summed E-state index contributed by atoms with van der Waals surface area (Å²) in [5.41, 5.74) is 0. The van der Waals surface area contributed by atoms with Gasteiger partial charge in [0, 0.05) is 0 Å². The smallest absolute Gasteiger partial charge is 0.434 e. The van der Waals surface area contributed by atoms with E-state index in [2.05, 4.69) is 86.8 Å². The van der Waals surface area contributed by atoms with Crippen LogP contribution >= 0.6 is 0 Å². The van der Waals surface area contributed by atoms with Gasteiger partial charge in [-0.05, 0) is 89.9 Å². The number of allylic oxidation sites excluding steroid dienone is 12. The topological polar surface area (TPSA) is 35.5 Å². The lowest BCUT2D eigenvalue weighted by molar-refractivity contribution is 0.0530. The van der Waals surface area contributed by atoms with E-state index in [0.717, 1.165) is 57.8 Å². The second-order valence-corrected chi connectivity index (χ2v) is 11.1. The van der Waals surface area contributed by atoms with Crippen LogP contribution < -0.4 is 0 Å². The summed E-state index contributed by atoms with van der Waals surface area (Å²) in [6.07, 6.45) is 52.2. The molecule has 0 saturated heterocycles. The highest BCUT2D eigenvalue weighted by atomic mass is 16.7. The van der Waals surface area contributed by atoms with Crippen molar-refractivity contribution in [3.63, 3.8) is 0 Å². The highest BCUT2D eigenvalue weighted by Gasteiger charge is 2.02. The van der Waals surface area contributed by atoms with E-state index in [0.29, 0.717) is 13.2 Å². The molecule has 0 rings (SSSR count). The molecule has 240 valence electrons. The van der Waals surface area contributed by atoms with E-state index in [1.54, 1.807) is 0 Å². The van der Waals surface area contributed by atoms with Gasteiger partial charge in [-0.15, -0.1) is 0 Å². The van der Waals surface area contributed by atoms with Gasteiger partial charge in [-0.25, -0.2) is 4.79 Å². The Morgan fingerprint density at radius 1 is 0.381 bits per heavy atom. The first-order valence-electron chi connectivity index (χ1n) is 17.5. The van der Waals surface area contributed by atoms with Crippen LogP contribution in [0.1, 0.15) is 155 Å². The summed E-state index contributed by atoms with van der Waals surface area (Å²) in [7, 11) is 0. The van der Waals surface area contributed by atoms with E-state index >= 15 is 0 Å². The van der Waals surface area contributed by atoms with Crippen LogP contribution in [0.15, 0.2) is 72.9 Å². The fraction of sp³-hybridized carbons (Fsp3) is 0.667. The van der Waals surface area contributed by atoms with Crippen LogP contribution in [0.3, 0.4) is 0 Å². The van der Waals surface area contributed by atoms with Crippen molar-refractivity contribution < 1.29 is 14.3 Å². The molecule has 3 nitrogen and oxygen atoms in total. The summed E-state index contributed by atoms with van der Waals surface area (Å²) in [5.74, 6) is 0. The minimum atomic E-state index is -0.518. The molecule has 0 aromatic heterocycles. The molecule has 0 saturated carbocycles. The van der Waals surface area contributed by atoms with Crippen molar-refractivity contribution in [3.05, 3.63) is 72.9 Å². The molecule has 0 fully saturated rings. The molecule has 0 amide bonds. The van der Waals surface area contributed by atoms with E-state index in [4.69, 9.17) is 9.47 Å². The monoisotopic (exact) mass is 583 g/mol.